The minimum Gasteiger partial charge on any atom is -0.336 e. The van der Waals surface area contributed by atoms with E-state index in [0.29, 0.717) is 5.82 Å². The van der Waals surface area contributed by atoms with Crippen molar-refractivity contribution in [3.05, 3.63) is 18.2 Å². The molecule has 0 aliphatic rings. The van der Waals surface area contributed by atoms with Crippen LogP contribution in [0.25, 0.3) is 0 Å². The van der Waals surface area contributed by atoms with Crippen LogP contribution in [0.1, 0.15) is 10.7 Å². The minimum atomic E-state index is -0.523. The van der Waals surface area contributed by atoms with E-state index in [-0.39, 0.29) is 0 Å². The molecule has 0 spiro atoms. The molecule has 0 fully saturated rings. The maximum Gasteiger partial charge on any atom is 0.165 e. The first-order valence-electron chi connectivity index (χ1n) is 2.47. The number of hydrogen-bond donors (Lipinski definition) is 0. The van der Waals surface area contributed by atoms with Gasteiger partial charge in [0.05, 0.1) is 0 Å². The van der Waals surface area contributed by atoms with Gasteiger partial charge in [-0.25, -0.2) is 4.98 Å². The maximum atomic E-state index is 5.53. The molecule has 4 heteroatoms. The predicted molar refractivity (Wildman–Crippen MR) is 37.7 cm³/mol. The Morgan fingerprint density at radius 3 is 2.56 bits per heavy atom. The van der Waals surface area contributed by atoms with Crippen molar-refractivity contribution in [3.63, 3.8) is 0 Å². The van der Waals surface area contributed by atoms with E-state index >= 15 is 0 Å². The Hall–Kier alpha value is -0.210. The highest BCUT2D eigenvalue weighted by atomic mass is 35.5. The Kier molecular flexibility index (Phi) is 1.98. The van der Waals surface area contributed by atoms with Crippen LogP contribution < -0.4 is 0 Å². The lowest BCUT2D eigenvalue weighted by Crippen LogP contribution is -1.94. The normalized spacial score (nSPS) is 10.7. The molecule has 0 unspecified atom stereocenters. The van der Waals surface area contributed by atoms with Crippen molar-refractivity contribution in [2.45, 2.75) is 4.84 Å². The lowest BCUT2D eigenvalue weighted by Gasteiger charge is -1.98. The molecule has 1 aromatic rings. The molecule has 0 aliphatic carbocycles. The highest BCUT2D eigenvalue weighted by Gasteiger charge is 2.06. The fourth-order valence-electron chi connectivity index (χ4n) is 0.587. The van der Waals surface area contributed by atoms with Crippen molar-refractivity contribution in [2.24, 2.45) is 7.05 Å². The zero-order valence-corrected chi connectivity index (χ0v) is 6.39. The summed E-state index contributed by atoms with van der Waals surface area (Å²) in [6.45, 7) is 0. The number of alkyl halides is 2. The van der Waals surface area contributed by atoms with E-state index in [1.807, 2.05) is 7.05 Å². The fraction of sp³-hybridized carbons (Fsp3) is 0.400. The van der Waals surface area contributed by atoms with Crippen LogP contribution in [0, 0.1) is 0 Å². The third-order valence-electron chi connectivity index (χ3n) is 1.05. The van der Waals surface area contributed by atoms with E-state index in [4.69, 9.17) is 23.2 Å². The Labute approximate surface area is 63.4 Å². The number of imidazole rings is 1. The van der Waals surface area contributed by atoms with Crippen molar-refractivity contribution in [2.75, 3.05) is 0 Å². The molecule has 9 heavy (non-hydrogen) atoms. The highest BCUT2D eigenvalue weighted by molar-refractivity contribution is 6.43. The molecule has 0 amide bonds. The van der Waals surface area contributed by atoms with E-state index in [0.717, 1.165) is 0 Å². The van der Waals surface area contributed by atoms with E-state index in [1.165, 1.54) is 0 Å². The van der Waals surface area contributed by atoms with Crippen LogP contribution in [-0.4, -0.2) is 9.55 Å². The maximum absolute atomic E-state index is 5.53. The van der Waals surface area contributed by atoms with Crippen LogP contribution in [0.2, 0.25) is 0 Å². The van der Waals surface area contributed by atoms with Crippen molar-refractivity contribution in [1.82, 2.24) is 9.55 Å². The monoisotopic (exact) mass is 164 g/mol. The first-order chi connectivity index (χ1) is 4.22. The van der Waals surface area contributed by atoms with Crippen molar-refractivity contribution in [3.8, 4) is 0 Å². The molecule has 1 rings (SSSR count). The van der Waals surface area contributed by atoms with Crippen molar-refractivity contribution in [1.29, 1.82) is 0 Å². The molecule has 0 aromatic carbocycles. The standard InChI is InChI=1S/C5H6Cl2N2/c1-9-3-2-8-5(9)4(6)7/h2-4H,1H3. The Morgan fingerprint density at radius 2 is 2.33 bits per heavy atom. The van der Waals surface area contributed by atoms with Gasteiger partial charge in [-0.3, -0.25) is 0 Å². The molecule has 0 bridgehead atoms. The van der Waals surface area contributed by atoms with E-state index in [9.17, 15) is 0 Å². The van der Waals surface area contributed by atoms with E-state index in [1.54, 1.807) is 17.0 Å². The van der Waals surface area contributed by atoms with Gasteiger partial charge >= 0.3 is 0 Å². The van der Waals surface area contributed by atoms with Crippen LogP contribution in [0.4, 0.5) is 0 Å². The molecule has 0 radical (unpaired) electrons. The molecule has 0 N–H and O–H groups in total. The summed E-state index contributed by atoms with van der Waals surface area (Å²) in [6, 6.07) is 0. The second-order valence-electron chi connectivity index (χ2n) is 1.70. The average Bonchev–Trinajstić information content (AvgIpc) is 2.13. The third-order valence-corrected chi connectivity index (χ3v) is 1.44. The van der Waals surface area contributed by atoms with Gasteiger partial charge in [-0.2, -0.15) is 0 Å². The largest absolute Gasteiger partial charge is 0.336 e. The number of aryl methyl sites for hydroxylation is 1. The zero-order chi connectivity index (χ0) is 6.85. The lowest BCUT2D eigenvalue weighted by atomic mass is 10.7. The SMILES string of the molecule is Cn1ccnc1C(Cl)Cl. The van der Waals surface area contributed by atoms with Crippen LogP contribution in [0.15, 0.2) is 12.4 Å². The topological polar surface area (TPSA) is 17.8 Å². The second-order valence-corrected chi connectivity index (χ2v) is 2.79. The number of rotatable bonds is 1. The van der Waals surface area contributed by atoms with Crippen LogP contribution in [0.5, 0.6) is 0 Å². The first-order valence-corrected chi connectivity index (χ1v) is 3.34. The molecule has 1 aromatic heterocycles. The van der Waals surface area contributed by atoms with Crippen molar-refractivity contribution < 1.29 is 0 Å². The van der Waals surface area contributed by atoms with Crippen LogP contribution >= 0.6 is 23.2 Å². The van der Waals surface area contributed by atoms with Crippen LogP contribution in [0.3, 0.4) is 0 Å². The quantitative estimate of drug-likeness (QED) is 0.581. The van der Waals surface area contributed by atoms with Crippen molar-refractivity contribution >= 4 is 23.2 Å². The van der Waals surface area contributed by atoms with E-state index in [2.05, 4.69) is 4.98 Å². The number of aromatic nitrogens is 2. The Bertz CT molecular complexity index is 195. The van der Waals surface area contributed by atoms with E-state index < -0.39 is 4.84 Å². The Balaban J connectivity index is 2.94. The van der Waals surface area contributed by atoms with Gasteiger partial charge in [-0.15, -0.1) is 0 Å². The molecule has 0 atom stereocenters. The summed E-state index contributed by atoms with van der Waals surface area (Å²) in [5, 5.41) is 0. The fourth-order valence-corrected chi connectivity index (χ4v) is 1.01. The minimum absolute atomic E-state index is 0.523. The molecule has 1 heterocycles. The smallest absolute Gasteiger partial charge is 0.165 e. The first kappa shape index (κ1) is 6.90. The van der Waals surface area contributed by atoms with Gasteiger partial charge in [0.25, 0.3) is 0 Å². The third kappa shape index (κ3) is 1.37. The number of nitrogens with zero attached hydrogens (tertiary/aromatic N) is 2. The van der Waals surface area contributed by atoms with Crippen LogP contribution in [-0.2, 0) is 7.05 Å². The molecular formula is C5H6Cl2N2. The molecule has 50 valence electrons. The number of halogens is 2. The van der Waals surface area contributed by atoms with Gasteiger partial charge in [0.15, 0.2) is 4.84 Å². The summed E-state index contributed by atoms with van der Waals surface area (Å²) < 4.78 is 1.78. The molecule has 0 saturated carbocycles. The second kappa shape index (κ2) is 2.58. The molecule has 0 saturated heterocycles. The molecule has 0 aliphatic heterocycles. The van der Waals surface area contributed by atoms with Gasteiger partial charge in [0, 0.05) is 19.4 Å². The summed E-state index contributed by atoms with van der Waals surface area (Å²) in [7, 11) is 1.85. The molecule has 2 nitrogen and oxygen atoms in total. The summed E-state index contributed by atoms with van der Waals surface area (Å²) in [6.07, 6.45) is 3.46. The van der Waals surface area contributed by atoms with Gasteiger partial charge < -0.3 is 4.57 Å². The molecular weight excluding hydrogens is 159 g/mol. The van der Waals surface area contributed by atoms with Gasteiger partial charge in [0.2, 0.25) is 0 Å². The summed E-state index contributed by atoms with van der Waals surface area (Å²) in [4.78, 5) is 3.39. The summed E-state index contributed by atoms with van der Waals surface area (Å²) in [5.41, 5.74) is 0. The average molecular weight is 165 g/mol. The van der Waals surface area contributed by atoms with Gasteiger partial charge in [0.1, 0.15) is 5.82 Å². The summed E-state index contributed by atoms with van der Waals surface area (Å²) in [5.74, 6) is 0.679. The highest BCUT2D eigenvalue weighted by Crippen LogP contribution is 2.21. The lowest BCUT2D eigenvalue weighted by molar-refractivity contribution is 0.839. The predicted octanol–water partition coefficient (Wildman–Crippen LogP) is 1.90. The van der Waals surface area contributed by atoms with Gasteiger partial charge in [-0.05, 0) is 0 Å². The Morgan fingerprint density at radius 1 is 1.67 bits per heavy atom. The van der Waals surface area contributed by atoms with Gasteiger partial charge in [-0.1, -0.05) is 23.2 Å². The summed E-state index contributed by atoms with van der Waals surface area (Å²) >= 11 is 11.1. The number of hydrogen-bond acceptors (Lipinski definition) is 1. The zero-order valence-electron chi connectivity index (χ0n) is 4.88.